The van der Waals surface area contributed by atoms with Gasteiger partial charge in [0.2, 0.25) is 0 Å². The third-order valence-electron chi connectivity index (χ3n) is 3.29. The van der Waals surface area contributed by atoms with Crippen molar-refractivity contribution in [1.82, 2.24) is 15.1 Å². The normalized spacial score (nSPS) is 15.1. The molecule has 2 unspecified atom stereocenters. The third-order valence-corrected chi connectivity index (χ3v) is 3.77. The molecule has 2 atom stereocenters. The third kappa shape index (κ3) is 2.98. The van der Waals surface area contributed by atoms with Gasteiger partial charge in [0.1, 0.15) is 5.15 Å². The quantitative estimate of drug-likeness (QED) is 0.861. The van der Waals surface area contributed by atoms with E-state index in [1.165, 1.54) is 5.56 Å². The van der Waals surface area contributed by atoms with Crippen LogP contribution in [-0.4, -0.2) is 23.4 Å². The Hall–Kier alpha value is -0.540. The summed E-state index contributed by atoms with van der Waals surface area (Å²) >= 11 is 6.22. The maximum absolute atomic E-state index is 6.22. The number of nitrogens with one attached hydrogen (secondary N) is 1. The van der Waals surface area contributed by atoms with E-state index in [2.05, 4.69) is 24.3 Å². The molecule has 1 N–H and O–H groups in total. The molecule has 1 aromatic heterocycles. The van der Waals surface area contributed by atoms with E-state index in [4.69, 9.17) is 11.6 Å². The highest BCUT2D eigenvalue weighted by atomic mass is 35.5. The van der Waals surface area contributed by atoms with Crippen LogP contribution in [0.4, 0.5) is 0 Å². The van der Waals surface area contributed by atoms with Crippen molar-refractivity contribution < 1.29 is 0 Å². The Kier molecular flexibility index (Phi) is 4.81. The average Bonchev–Trinajstić information content (AvgIpc) is 2.45. The van der Waals surface area contributed by atoms with Gasteiger partial charge in [-0.2, -0.15) is 5.10 Å². The minimum Gasteiger partial charge on any atom is -0.319 e. The van der Waals surface area contributed by atoms with E-state index in [9.17, 15) is 0 Å². The lowest BCUT2D eigenvalue weighted by molar-refractivity contribution is 0.374. The molecule has 0 aliphatic carbocycles. The van der Waals surface area contributed by atoms with Gasteiger partial charge in [-0.15, -0.1) is 0 Å². The topological polar surface area (TPSA) is 29.9 Å². The number of hydrogen-bond acceptors (Lipinski definition) is 2. The minimum absolute atomic E-state index is 0.604. The largest absolute Gasteiger partial charge is 0.319 e. The molecule has 0 spiro atoms. The zero-order chi connectivity index (χ0) is 12.3. The van der Waals surface area contributed by atoms with Crippen LogP contribution >= 0.6 is 11.6 Å². The van der Waals surface area contributed by atoms with Crippen LogP contribution in [-0.2, 0) is 13.5 Å². The Balaban J connectivity index is 2.72. The molecule has 92 valence electrons. The van der Waals surface area contributed by atoms with Gasteiger partial charge in [-0.1, -0.05) is 25.4 Å². The van der Waals surface area contributed by atoms with Crippen LogP contribution in [0.2, 0.25) is 5.15 Å². The summed E-state index contributed by atoms with van der Waals surface area (Å²) in [4.78, 5) is 0. The molecule has 0 radical (unpaired) electrons. The van der Waals surface area contributed by atoms with E-state index in [1.54, 1.807) is 4.68 Å². The summed E-state index contributed by atoms with van der Waals surface area (Å²) in [6.07, 6.45) is 1.00. The number of rotatable bonds is 5. The van der Waals surface area contributed by atoms with Crippen LogP contribution in [0.3, 0.4) is 0 Å². The molecule has 0 amide bonds. The van der Waals surface area contributed by atoms with Crippen molar-refractivity contribution in [1.29, 1.82) is 0 Å². The van der Waals surface area contributed by atoms with Crippen LogP contribution in [0, 0.1) is 18.8 Å². The first-order chi connectivity index (χ1) is 7.47. The summed E-state index contributed by atoms with van der Waals surface area (Å²) in [5.74, 6) is 1.24. The van der Waals surface area contributed by atoms with Crippen molar-refractivity contribution in [2.24, 2.45) is 18.9 Å². The van der Waals surface area contributed by atoms with E-state index < -0.39 is 0 Å². The molecule has 3 nitrogen and oxygen atoms in total. The van der Waals surface area contributed by atoms with Gasteiger partial charge in [0.15, 0.2) is 0 Å². The highest BCUT2D eigenvalue weighted by Gasteiger charge is 2.18. The van der Waals surface area contributed by atoms with E-state index >= 15 is 0 Å². The fraction of sp³-hybridized carbons (Fsp3) is 0.750. The SMILES string of the molecule is CNCC(C)C(C)Cc1c(C)nn(C)c1Cl. The second kappa shape index (κ2) is 5.69. The molecule has 0 fully saturated rings. The standard InChI is InChI=1S/C12H22ClN3/c1-8(9(2)7-14-4)6-11-10(3)15-16(5)12(11)13/h8-9,14H,6-7H2,1-5H3. The summed E-state index contributed by atoms with van der Waals surface area (Å²) in [6, 6.07) is 0. The number of hydrogen-bond donors (Lipinski definition) is 1. The number of halogens is 1. The van der Waals surface area contributed by atoms with Gasteiger partial charge in [-0.3, -0.25) is 4.68 Å². The fourth-order valence-electron chi connectivity index (χ4n) is 1.95. The first-order valence-electron chi connectivity index (χ1n) is 5.80. The molecule has 0 aromatic carbocycles. The molecule has 0 saturated carbocycles. The molecule has 0 aliphatic rings. The van der Waals surface area contributed by atoms with E-state index in [1.807, 2.05) is 21.0 Å². The average molecular weight is 244 g/mol. The van der Waals surface area contributed by atoms with Gasteiger partial charge in [0, 0.05) is 12.6 Å². The second-order valence-electron chi connectivity index (χ2n) is 4.69. The molecule has 1 heterocycles. The predicted molar refractivity (Wildman–Crippen MR) is 68.9 cm³/mol. The molecule has 1 rings (SSSR count). The Morgan fingerprint density at radius 1 is 1.38 bits per heavy atom. The minimum atomic E-state index is 0.604. The molecule has 4 heteroatoms. The molecule has 1 aromatic rings. The molecule has 0 saturated heterocycles. The maximum atomic E-state index is 6.22. The lowest BCUT2D eigenvalue weighted by Gasteiger charge is -2.19. The zero-order valence-corrected chi connectivity index (χ0v) is 11.6. The van der Waals surface area contributed by atoms with E-state index in [-0.39, 0.29) is 0 Å². The first-order valence-corrected chi connectivity index (χ1v) is 6.17. The molecule has 16 heavy (non-hydrogen) atoms. The van der Waals surface area contributed by atoms with Gasteiger partial charge in [0.25, 0.3) is 0 Å². The molecular formula is C12H22ClN3. The summed E-state index contributed by atoms with van der Waals surface area (Å²) in [7, 11) is 3.88. The van der Waals surface area contributed by atoms with E-state index in [0.717, 1.165) is 23.8 Å². The highest BCUT2D eigenvalue weighted by molar-refractivity contribution is 6.30. The Labute approximate surface area is 103 Å². The van der Waals surface area contributed by atoms with Crippen molar-refractivity contribution in [2.75, 3.05) is 13.6 Å². The number of aryl methyl sites for hydroxylation is 2. The van der Waals surface area contributed by atoms with Gasteiger partial charge in [-0.05, 0) is 38.8 Å². The van der Waals surface area contributed by atoms with Crippen molar-refractivity contribution in [2.45, 2.75) is 27.2 Å². The maximum Gasteiger partial charge on any atom is 0.130 e. The van der Waals surface area contributed by atoms with Crippen molar-refractivity contribution in [3.05, 3.63) is 16.4 Å². The number of nitrogens with zero attached hydrogens (tertiary/aromatic N) is 2. The lowest BCUT2D eigenvalue weighted by atomic mass is 9.90. The monoisotopic (exact) mass is 243 g/mol. The van der Waals surface area contributed by atoms with Crippen molar-refractivity contribution >= 4 is 11.6 Å². The van der Waals surface area contributed by atoms with Gasteiger partial charge < -0.3 is 5.32 Å². The molecule has 0 aliphatic heterocycles. The lowest BCUT2D eigenvalue weighted by Crippen LogP contribution is -2.23. The zero-order valence-electron chi connectivity index (χ0n) is 10.8. The second-order valence-corrected chi connectivity index (χ2v) is 5.05. The van der Waals surface area contributed by atoms with Gasteiger partial charge in [-0.25, -0.2) is 0 Å². The number of aromatic nitrogens is 2. The summed E-state index contributed by atoms with van der Waals surface area (Å²) in [5, 5.41) is 8.33. The van der Waals surface area contributed by atoms with Gasteiger partial charge in [0.05, 0.1) is 5.69 Å². The van der Waals surface area contributed by atoms with Crippen LogP contribution in [0.5, 0.6) is 0 Å². The van der Waals surface area contributed by atoms with Crippen LogP contribution in [0.15, 0.2) is 0 Å². The smallest absolute Gasteiger partial charge is 0.130 e. The van der Waals surface area contributed by atoms with Crippen LogP contribution < -0.4 is 5.32 Å². The Morgan fingerprint density at radius 2 is 2.00 bits per heavy atom. The van der Waals surface area contributed by atoms with Crippen LogP contribution in [0.25, 0.3) is 0 Å². The molecule has 0 bridgehead atoms. The Bertz CT molecular complexity index is 346. The van der Waals surface area contributed by atoms with Crippen molar-refractivity contribution in [3.8, 4) is 0 Å². The Morgan fingerprint density at radius 3 is 2.44 bits per heavy atom. The summed E-state index contributed by atoms with van der Waals surface area (Å²) < 4.78 is 1.75. The summed E-state index contributed by atoms with van der Waals surface area (Å²) in [6.45, 7) is 7.60. The fourth-order valence-corrected chi connectivity index (χ4v) is 2.20. The highest BCUT2D eigenvalue weighted by Crippen LogP contribution is 2.24. The van der Waals surface area contributed by atoms with Crippen LogP contribution in [0.1, 0.15) is 25.1 Å². The van der Waals surface area contributed by atoms with Crippen molar-refractivity contribution in [3.63, 3.8) is 0 Å². The van der Waals surface area contributed by atoms with Gasteiger partial charge >= 0.3 is 0 Å². The summed E-state index contributed by atoms with van der Waals surface area (Å²) in [5.41, 5.74) is 2.25. The van der Waals surface area contributed by atoms with E-state index in [0.29, 0.717) is 11.8 Å². The first kappa shape index (κ1) is 13.5. The predicted octanol–water partition coefficient (Wildman–Crippen LogP) is 2.42. The molecular weight excluding hydrogens is 222 g/mol.